The van der Waals surface area contributed by atoms with Gasteiger partial charge in [-0.1, -0.05) is 15.9 Å². The second kappa shape index (κ2) is 6.34. The Balaban J connectivity index is 2.01. The Kier molecular flexibility index (Phi) is 4.39. The highest BCUT2D eigenvalue weighted by Gasteiger charge is 2.57. The fourth-order valence-electron chi connectivity index (χ4n) is 5.52. The molecule has 0 radical (unpaired) electrons. The highest BCUT2D eigenvalue weighted by Crippen LogP contribution is 2.59. The number of ether oxygens (including phenoxy) is 2. The smallest absolute Gasteiger partial charge is 0.308 e. The maximum absolute atomic E-state index is 12.5. The Morgan fingerprint density at radius 3 is 2.88 bits per heavy atom. The Bertz CT molecular complexity index is 793. The van der Waals surface area contributed by atoms with Crippen LogP contribution < -0.4 is 9.47 Å². The van der Waals surface area contributed by atoms with E-state index in [4.69, 9.17) is 9.47 Å². The number of nitrogens with zero attached hydrogens (tertiary/aromatic N) is 1. The van der Waals surface area contributed by atoms with Crippen LogP contribution in [0.3, 0.4) is 0 Å². The topological polar surface area (TPSA) is 55.8 Å². The third kappa shape index (κ3) is 2.53. The van der Waals surface area contributed by atoms with E-state index in [9.17, 15) is 9.59 Å². The summed E-state index contributed by atoms with van der Waals surface area (Å²) in [4.78, 5) is 26.8. The molecule has 1 saturated carbocycles. The minimum absolute atomic E-state index is 0.262. The molecule has 1 aromatic carbocycles. The van der Waals surface area contributed by atoms with E-state index in [1.165, 1.54) is 6.92 Å². The quantitative estimate of drug-likeness (QED) is 0.541. The van der Waals surface area contributed by atoms with Crippen molar-refractivity contribution >= 4 is 27.7 Å². The molecule has 2 fully saturated rings. The zero-order valence-corrected chi connectivity index (χ0v) is 17.0. The molecule has 3 aliphatic rings. The molecule has 6 heteroatoms. The molecule has 3 atom stereocenters. The van der Waals surface area contributed by atoms with Crippen molar-refractivity contribution in [3.8, 4) is 11.5 Å². The molecule has 0 spiro atoms. The number of likely N-dealkylation sites (tertiary alicyclic amines) is 1. The van der Waals surface area contributed by atoms with Crippen LogP contribution in [0, 0.1) is 5.92 Å². The third-order valence-electron chi connectivity index (χ3n) is 6.57. The summed E-state index contributed by atoms with van der Waals surface area (Å²) in [5.74, 6) is 1.41. The second-order valence-electron chi connectivity index (χ2n) is 7.86. The third-order valence-corrected chi connectivity index (χ3v) is 7.28. The molecule has 0 unspecified atom stereocenters. The van der Waals surface area contributed by atoms with Crippen LogP contribution in [-0.4, -0.2) is 43.4 Å². The number of piperidine rings is 1. The van der Waals surface area contributed by atoms with Gasteiger partial charge in [0.1, 0.15) is 5.78 Å². The predicted octanol–water partition coefficient (Wildman–Crippen LogP) is 3.25. The largest absolute Gasteiger partial charge is 0.493 e. The standard InChI is InChI=1S/C20H24BrNO4/c1-11(23)26-19-17(25-3)9-15(21)13-8-16-14-5-4-12(24)10-20(14,18(13)19)6-7-22(16)2/h9,14,16H,4-8,10H2,1-3H3/t14-,16+,20-/m0/s1. The molecular weight excluding hydrogens is 398 g/mol. The van der Waals surface area contributed by atoms with Crippen LogP contribution in [-0.2, 0) is 21.4 Å². The monoisotopic (exact) mass is 421 g/mol. The molecule has 1 aliphatic heterocycles. The number of Topliss-reactive ketones (excluding diaryl/α,β-unsaturated/α-hetero) is 1. The van der Waals surface area contributed by atoms with Crippen LogP contribution in [0.25, 0.3) is 0 Å². The molecule has 1 aromatic rings. The van der Waals surface area contributed by atoms with Gasteiger partial charge in [-0.25, -0.2) is 0 Å². The van der Waals surface area contributed by atoms with Gasteiger partial charge in [0.2, 0.25) is 0 Å². The fraction of sp³-hybridized carbons (Fsp3) is 0.600. The van der Waals surface area contributed by atoms with E-state index < -0.39 is 0 Å². The summed E-state index contributed by atoms with van der Waals surface area (Å²) in [5.41, 5.74) is 1.92. The van der Waals surface area contributed by atoms with Gasteiger partial charge in [0.05, 0.1) is 7.11 Å². The molecule has 0 aromatic heterocycles. The first-order valence-corrected chi connectivity index (χ1v) is 9.97. The molecule has 1 heterocycles. The zero-order valence-electron chi connectivity index (χ0n) is 15.4. The van der Waals surface area contributed by atoms with Crippen molar-refractivity contribution in [2.24, 2.45) is 5.92 Å². The van der Waals surface area contributed by atoms with Gasteiger partial charge in [-0.15, -0.1) is 0 Å². The number of hydrogen-bond acceptors (Lipinski definition) is 5. The highest BCUT2D eigenvalue weighted by molar-refractivity contribution is 9.10. The molecule has 2 aliphatic carbocycles. The Morgan fingerprint density at radius 2 is 2.19 bits per heavy atom. The normalized spacial score (nSPS) is 30.4. The first kappa shape index (κ1) is 18.0. The van der Waals surface area contributed by atoms with Crippen LogP contribution in [0.5, 0.6) is 11.5 Å². The molecule has 1 saturated heterocycles. The van der Waals surface area contributed by atoms with E-state index in [-0.39, 0.29) is 11.4 Å². The molecule has 140 valence electrons. The first-order valence-electron chi connectivity index (χ1n) is 9.17. The van der Waals surface area contributed by atoms with Crippen LogP contribution >= 0.6 is 15.9 Å². The van der Waals surface area contributed by atoms with E-state index in [2.05, 4.69) is 27.9 Å². The summed E-state index contributed by atoms with van der Waals surface area (Å²) >= 11 is 3.71. The van der Waals surface area contributed by atoms with Gasteiger partial charge < -0.3 is 14.4 Å². The van der Waals surface area contributed by atoms with Crippen LogP contribution in [0.1, 0.15) is 43.7 Å². The van der Waals surface area contributed by atoms with Crippen molar-refractivity contribution in [2.75, 3.05) is 20.7 Å². The summed E-state index contributed by atoms with van der Waals surface area (Å²) in [6.45, 7) is 2.36. The van der Waals surface area contributed by atoms with Crippen LogP contribution in [0.4, 0.5) is 0 Å². The van der Waals surface area contributed by atoms with E-state index in [0.717, 1.165) is 41.4 Å². The molecular formula is C20H24BrNO4. The van der Waals surface area contributed by atoms with E-state index in [0.29, 0.717) is 42.1 Å². The minimum Gasteiger partial charge on any atom is -0.493 e. The summed E-state index contributed by atoms with van der Waals surface area (Å²) < 4.78 is 12.2. The highest BCUT2D eigenvalue weighted by atomic mass is 79.9. The lowest BCUT2D eigenvalue weighted by atomic mass is 9.52. The maximum atomic E-state index is 12.5. The molecule has 2 bridgehead atoms. The molecule has 26 heavy (non-hydrogen) atoms. The summed E-state index contributed by atoms with van der Waals surface area (Å²) in [5, 5.41) is 0. The lowest BCUT2D eigenvalue weighted by Crippen LogP contribution is -2.61. The van der Waals surface area contributed by atoms with Gasteiger partial charge in [0.25, 0.3) is 0 Å². The molecule has 0 N–H and O–H groups in total. The van der Waals surface area contributed by atoms with Crippen molar-refractivity contribution in [3.63, 3.8) is 0 Å². The van der Waals surface area contributed by atoms with Gasteiger partial charge in [-0.05, 0) is 50.4 Å². The van der Waals surface area contributed by atoms with E-state index >= 15 is 0 Å². The van der Waals surface area contributed by atoms with Crippen molar-refractivity contribution in [1.82, 2.24) is 4.90 Å². The molecule has 4 rings (SSSR count). The van der Waals surface area contributed by atoms with E-state index in [1.807, 2.05) is 6.07 Å². The number of rotatable bonds is 2. The number of likely N-dealkylation sites (N-methyl/N-ethyl adjacent to an activating group) is 1. The summed E-state index contributed by atoms with van der Waals surface area (Å²) in [7, 11) is 3.77. The summed E-state index contributed by atoms with van der Waals surface area (Å²) in [6.07, 6.45) is 3.88. The Hall–Kier alpha value is -1.40. The number of fused-ring (bicyclic) bond motifs is 1. The minimum atomic E-state index is -0.363. The van der Waals surface area contributed by atoms with Crippen LogP contribution in [0.15, 0.2) is 10.5 Å². The van der Waals surface area contributed by atoms with Crippen molar-refractivity contribution in [3.05, 3.63) is 21.7 Å². The van der Waals surface area contributed by atoms with E-state index in [1.54, 1.807) is 7.11 Å². The van der Waals surface area contributed by atoms with Crippen molar-refractivity contribution in [1.29, 1.82) is 0 Å². The number of carbonyl (C=O) groups is 2. The molecule has 5 nitrogen and oxygen atoms in total. The molecule has 0 amide bonds. The lowest BCUT2D eigenvalue weighted by molar-refractivity contribution is -0.132. The summed E-state index contributed by atoms with van der Waals surface area (Å²) in [6, 6.07) is 2.30. The average molecular weight is 422 g/mol. The van der Waals surface area contributed by atoms with Crippen molar-refractivity contribution < 1.29 is 19.1 Å². The lowest BCUT2D eigenvalue weighted by Gasteiger charge is -2.58. The predicted molar refractivity (Wildman–Crippen MR) is 101 cm³/mol. The van der Waals surface area contributed by atoms with Gasteiger partial charge in [0, 0.05) is 41.3 Å². The number of esters is 1. The number of methoxy groups -OCH3 is 1. The maximum Gasteiger partial charge on any atom is 0.308 e. The number of carbonyl (C=O) groups excluding carboxylic acids is 2. The zero-order chi connectivity index (χ0) is 18.6. The second-order valence-corrected chi connectivity index (χ2v) is 8.71. The Morgan fingerprint density at radius 1 is 1.42 bits per heavy atom. The number of benzene rings is 1. The van der Waals surface area contributed by atoms with Crippen molar-refractivity contribution in [2.45, 2.75) is 50.5 Å². The van der Waals surface area contributed by atoms with Gasteiger partial charge in [-0.2, -0.15) is 0 Å². The first-order chi connectivity index (χ1) is 12.4. The van der Waals surface area contributed by atoms with Crippen LogP contribution in [0.2, 0.25) is 0 Å². The van der Waals surface area contributed by atoms with Gasteiger partial charge >= 0.3 is 5.97 Å². The average Bonchev–Trinajstić information content (AvgIpc) is 2.59. The number of hydrogen-bond donors (Lipinski definition) is 0. The number of halogens is 1. The SMILES string of the molecule is COc1cc(Br)c2c(c1OC(C)=O)[C@]13CCN(C)[C@H](C2)[C@@H]1CCC(=O)C3. The van der Waals surface area contributed by atoms with Gasteiger partial charge in [0.15, 0.2) is 11.5 Å². The van der Waals surface area contributed by atoms with Gasteiger partial charge in [-0.3, -0.25) is 9.59 Å². The number of ketones is 1. The fourth-order valence-corrected chi connectivity index (χ4v) is 6.09. The Labute approximate surface area is 162 Å².